The Balaban J connectivity index is 1.78. The lowest BCUT2D eigenvalue weighted by Crippen LogP contribution is -2.47. The van der Waals surface area contributed by atoms with Gasteiger partial charge in [-0.1, -0.05) is 37.6 Å². The maximum absolute atomic E-state index is 11.7. The molecule has 3 N–H and O–H groups in total. The number of carboxylic acids is 1. The van der Waals surface area contributed by atoms with Gasteiger partial charge >= 0.3 is 12.0 Å². The van der Waals surface area contributed by atoms with Crippen molar-refractivity contribution in [3.05, 3.63) is 35.4 Å². The molecule has 0 saturated heterocycles. The second-order valence-electron chi connectivity index (χ2n) is 5.13. The van der Waals surface area contributed by atoms with Gasteiger partial charge in [0.15, 0.2) is 0 Å². The first-order chi connectivity index (χ1) is 9.61. The van der Waals surface area contributed by atoms with E-state index in [2.05, 4.69) is 22.8 Å². The molecule has 0 radical (unpaired) electrons. The van der Waals surface area contributed by atoms with Crippen LogP contribution in [0.4, 0.5) is 4.79 Å². The first-order valence-electron chi connectivity index (χ1n) is 6.96. The number of fused-ring (bicyclic) bond motifs is 1. The molecular formula is C15H20N2O3. The topological polar surface area (TPSA) is 78.4 Å². The fourth-order valence-electron chi connectivity index (χ4n) is 2.52. The van der Waals surface area contributed by atoms with Crippen molar-refractivity contribution >= 4 is 12.0 Å². The van der Waals surface area contributed by atoms with Crippen molar-refractivity contribution in [2.75, 3.05) is 6.54 Å². The van der Waals surface area contributed by atoms with Crippen LogP contribution in [0.3, 0.4) is 0 Å². The van der Waals surface area contributed by atoms with E-state index >= 15 is 0 Å². The number of carbonyl (C=O) groups is 2. The average molecular weight is 276 g/mol. The molecule has 0 aliphatic heterocycles. The third kappa shape index (κ3) is 3.29. The molecule has 1 aromatic carbocycles. The molecule has 0 spiro atoms. The Morgan fingerprint density at radius 2 is 2.15 bits per heavy atom. The summed E-state index contributed by atoms with van der Waals surface area (Å²) in [6, 6.07) is 6.95. The summed E-state index contributed by atoms with van der Waals surface area (Å²) in [5.41, 5.74) is 2.60. The van der Waals surface area contributed by atoms with Crippen LogP contribution in [0.1, 0.15) is 36.8 Å². The first-order valence-corrected chi connectivity index (χ1v) is 6.96. The van der Waals surface area contributed by atoms with E-state index in [-0.39, 0.29) is 0 Å². The number of nitrogens with one attached hydrogen (secondary N) is 2. The molecule has 1 aliphatic rings. The molecule has 0 fully saturated rings. The van der Waals surface area contributed by atoms with E-state index in [0.717, 1.165) is 6.42 Å². The van der Waals surface area contributed by atoms with Gasteiger partial charge in [-0.15, -0.1) is 0 Å². The third-order valence-electron chi connectivity index (χ3n) is 3.65. The van der Waals surface area contributed by atoms with Gasteiger partial charge in [0.05, 0.1) is 0 Å². The fourth-order valence-corrected chi connectivity index (χ4v) is 2.52. The van der Waals surface area contributed by atoms with Crippen LogP contribution in [-0.4, -0.2) is 29.7 Å². The lowest BCUT2D eigenvalue weighted by atomic mass is 9.78. The molecule has 2 rings (SSSR count). The molecule has 2 atom stereocenters. The zero-order chi connectivity index (χ0) is 14.5. The fraction of sp³-hybridized carbons (Fsp3) is 0.467. The van der Waals surface area contributed by atoms with Gasteiger partial charge in [-0.3, -0.25) is 0 Å². The van der Waals surface area contributed by atoms with Crippen LogP contribution in [0.25, 0.3) is 0 Å². The van der Waals surface area contributed by atoms with Gasteiger partial charge < -0.3 is 15.7 Å². The Kier molecular flexibility index (Phi) is 4.61. The molecule has 1 aliphatic carbocycles. The zero-order valence-electron chi connectivity index (χ0n) is 11.6. The van der Waals surface area contributed by atoms with E-state index in [9.17, 15) is 9.59 Å². The lowest BCUT2D eigenvalue weighted by molar-refractivity contribution is -0.139. The number of carbonyl (C=O) groups excluding carboxylic acids is 1. The molecule has 5 heteroatoms. The minimum Gasteiger partial charge on any atom is -0.480 e. The number of hydrogen-bond acceptors (Lipinski definition) is 2. The predicted octanol–water partition coefficient (Wildman–Crippen LogP) is 1.88. The molecule has 20 heavy (non-hydrogen) atoms. The number of carboxylic acid groups (broad SMARTS) is 1. The largest absolute Gasteiger partial charge is 0.480 e. The summed E-state index contributed by atoms with van der Waals surface area (Å²) in [5, 5.41) is 14.2. The number of amides is 2. The summed E-state index contributed by atoms with van der Waals surface area (Å²) in [7, 11) is 0. The summed E-state index contributed by atoms with van der Waals surface area (Å²) in [5.74, 6) is -0.651. The SMILES string of the molecule is CCC[C@@H](NC(=O)NCC1Cc2ccccc21)C(=O)O. The van der Waals surface area contributed by atoms with Crippen molar-refractivity contribution in [2.24, 2.45) is 0 Å². The van der Waals surface area contributed by atoms with Gasteiger partial charge in [0.2, 0.25) is 0 Å². The van der Waals surface area contributed by atoms with Crippen LogP contribution in [-0.2, 0) is 11.2 Å². The number of urea groups is 1. The van der Waals surface area contributed by atoms with E-state index in [0.29, 0.717) is 25.3 Å². The highest BCUT2D eigenvalue weighted by Gasteiger charge is 2.26. The smallest absolute Gasteiger partial charge is 0.326 e. The second-order valence-corrected chi connectivity index (χ2v) is 5.13. The normalized spacial score (nSPS) is 17.6. The minimum absolute atomic E-state index is 0.339. The summed E-state index contributed by atoms with van der Waals surface area (Å²) >= 11 is 0. The Hall–Kier alpha value is -2.04. The van der Waals surface area contributed by atoms with Crippen molar-refractivity contribution in [1.82, 2.24) is 10.6 Å². The number of hydrogen-bond donors (Lipinski definition) is 3. The summed E-state index contributed by atoms with van der Waals surface area (Å²) in [4.78, 5) is 22.7. The lowest BCUT2D eigenvalue weighted by Gasteiger charge is -2.30. The summed E-state index contributed by atoms with van der Waals surface area (Å²) in [6.45, 7) is 2.43. The first kappa shape index (κ1) is 14.4. The molecule has 0 saturated carbocycles. The van der Waals surface area contributed by atoms with Crippen LogP contribution >= 0.6 is 0 Å². The molecule has 0 heterocycles. The summed E-state index contributed by atoms with van der Waals surface area (Å²) < 4.78 is 0. The molecule has 108 valence electrons. The van der Waals surface area contributed by atoms with Crippen molar-refractivity contribution in [2.45, 2.75) is 38.1 Å². The monoisotopic (exact) mass is 276 g/mol. The van der Waals surface area contributed by atoms with Crippen LogP contribution in [0.2, 0.25) is 0 Å². The van der Waals surface area contributed by atoms with Gasteiger partial charge in [0, 0.05) is 12.5 Å². The van der Waals surface area contributed by atoms with E-state index in [1.807, 2.05) is 19.1 Å². The molecule has 2 amide bonds. The molecule has 1 unspecified atom stereocenters. The van der Waals surface area contributed by atoms with E-state index < -0.39 is 18.0 Å². The van der Waals surface area contributed by atoms with Gasteiger partial charge in [-0.25, -0.2) is 9.59 Å². The quantitative estimate of drug-likeness (QED) is 0.742. The van der Waals surface area contributed by atoms with Gasteiger partial charge in [0.1, 0.15) is 6.04 Å². The molecule has 0 aromatic heterocycles. The Labute approximate surface area is 118 Å². The maximum atomic E-state index is 11.7. The van der Waals surface area contributed by atoms with E-state index in [4.69, 9.17) is 5.11 Å². The zero-order valence-corrected chi connectivity index (χ0v) is 11.6. The van der Waals surface area contributed by atoms with Crippen molar-refractivity contribution < 1.29 is 14.7 Å². The predicted molar refractivity (Wildman–Crippen MR) is 75.8 cm³/mol. The van der Waals surface area contributed by atoms with Crippen molar-refractivity contribution in [1.29, 1.82) is 0 Å². The van der Waals surface area contributed by atoms with Crippen LogP contribution in [0.5, 0.6) is 0 Å². The van der Waals surface area contributed by atoms with Crippen molar-refractivity contribution in [3.63, 3.8) is 0 Å². The van der Waals surface area contributed by atoms with E-state index in [1.54, 1.807) is 0 Å². The standard InChI is InChI=1S/C15H20N2O3/c1-2-5-13(14(18)19)17-15(20)16-9-11-8-10-6-3-4-7-12(10)11/h3-4,6-7,11,13H,2,5,8-9H2,1H3,(H,18,19)(H2,16,17,20)/t11?,13-/m1/s1. The number of aliphatic carboxylic acids is 1. The van der Waals surface area contributed by atoms with Gasteiger partial charge in [-0.05, 0) is 24.0 Å². The number of rotatable bonds is 6. The maximum Gasteiger partial charge on any atom is 0.326 e. The summed E-state index contributed by atoms with van der Waals surface area (Å²) in [6.07, 6.45) is 2.12. The Morgan fingerprint density at radius 1 is 1.40 bits per heavy atom. The van der Waals surface area contributed by atoms with Crippen molar-refractivity contribution in [3.8, 4) is 0 Å². The van der Waals surface area contributed by atoms with Gasteiger partial charge in [0.25, 0.3) is 0 Å². The molecule has 5 nitrogen and oxygen atoms in total. The highest BCUT2D eigenvalue weighted by atomic mass is 16.4. The molecule has 0 bridgehead atoms. The van der Waals surface area contributed by atoms with E-state index in [1.165, 1.54) is 11.1 Å². The molecule has 1 aromatic rings. The molecular weight excluding hydrogens is 256 g/mol. The second kappa shape index (κ2) is 6.41. The van der Waals surface area contributed by atoms with Crippen LogP contribution in [0.15, 0.2) is 24.3 Å². The van der Waals surface area contributed by atoms with Gasteiger partial charge in [-0.2, -0.15) is 0 Å². The highest BCUT2D eigenvalue weighted by Crippen LogP contribution is 2.33. The Bertz CT molecular complexity index is 502. The average Bonchev–Trinajstić information content (AvgIpc) is 2.39. The third-order valence-corrected chi connectivity index (χ3v) is 3.65. The Morgan fingerprint density at radius 3 is 2.80 bits per heavy atom. The van der Waals surface area contributed by atoms with Crippen LogP contribution < -0.4 is 10.6 Å². The highest BCUT2D eigenvalue weighted by molar-refractivity contribution is 5.82. The minimum atomic E-state index is -0.990. The van der Waals surface area contributed by atoms with Crippen LogP contribution in [0, 0.1) is 0 Å². The number of benzene rings is 1.